The molecule has 0 saturated carbocycles. The van der Waals surface area contributed by atoms with Crippen molar-refractivity contribution in [3.8, 4) is 0 Å². The van der Waals surface area contributed by atoms with E-state index in [9.17, 15) is 34.8 Å². The van der Waals surface area contributed by atoms with Crippen molar-refractivity contribution in [3.63, 3.8) is 0 Å². The van der Waals surface area contributed by atoms with Crippen molar-refractivity contribution in [1.29, 1.82) is 0 Å². The summed E-state index contributed by atoms with van der Waals surface area (Å²) in [5, 5.41) is -3.27. The summed E-state index contributed by atoms with van der Waals surface area (Å²) in [4.78, 5) is -2.08. The highest BCUT2D eigenvalue weighted by Crippen LogP contribution is 2.38. The molecule has 0 heterocycles. The summed E-state index contributed by atoms with van der Waals surface area (Å²) >= 11 is 0. The zero-order chi connectivity index (χ0) is 16.3. The highest BCUT2D eigenvalue weighted by Gasteiger charge is 2.33. The van der Waals surface area contributed by atoms with Gasteiger partial charge in [-0.2, -0.15) is 8.42 Å². The van der Waals surface area contributed by atoms with E-state index in [1.54, 1.807) is 0 Å². The second kappa shape index (κ2) is 4.49. The van der Waals surface area contributed by atoms with Crippen LogP contribution < -0.4 is 5.73 Å². The molecule has 2 aromatic rings. The van der Waals surface area contributed by atoms with Crippen LogP contribution in [0, 0.1) is 34.9 Å². The van der Waals surface area contributed by atoms with Gasteiger partial charge < -0.3 is 5.73 Å². The number of anilines is 1. The Kier molecular flexibility index (Phi) is 3.29. The first-order valence-corrected chi connectivity index (χ1v) is 6.33. The fourth-order valence-electron chi connectivity index (χ4n) is 1.78. The van der Waals surface area contributed by atoms with Gasteiger partial charge in [-0.25, -0.2) is 26.3 Å². The molecular weight excluding hydrogens is 328 g/mol. The van der Waals surface area contributed by atoms with E-state index in [-0.39, 0.29) is 0 Å². The molecule has 0 aliphatic carbocycles. The first-order valence-electron chi connectivity index (χ1n) is 4.89. The largest absolute Gasteiger partial charge is 0.396 e. The van der Waals surface area contributed by atoms with Crippen molar-refractivity contribution in [2.75, 3.05) is 5.73 Å². The summed E-state index contributed by atoms with van der Waals surface area (Å²) in [6.45, 7) is 0. The number of benzene rings is 2. The Balaban J connectivity index is 3.35. The molecule has 0 unspecified atom stereocenters. The number of hydrogen-bond acceptors (Lipinski definition) is 3. The molecule has 0 aliphatic rings. The zero-order valence-electron chi connectivity index (χ0n) is 9.52. The Labute approximate surface area is 112 Å². The van der Waals surface area contributed by atoms with E-state index in [2.05, 4.69) is 0 Å². The standard InChI is InChI=1S/C10H3F6NO3S/c11-3-1-2(4(12)5(13)7(15)9(1)17)10(21(18,19)20)8(16)6(3)14/h17H2,(H,18,19,20). The third-order valence-electron chi connectivity index (χ3n) is 2.65. The van der Waals surface area contributed by atoms with Gasteiger partial charge in [0.1, 0.15) is 4.90 Å². The van der Waals surface area contributed by atoms with Crippen molar-refractivity contribution in [3.05, 3.63) is 34.9 Å². The fraction of sp³-hybridized carbons (Fsp3) is 0. The van der Waals surface area contributed by atoms with Gasteiger partial charge in [0.25, 0.3) is 10.1 Å². The summed E-state index contributed by atoms with van der Waals surface area (Å²) in [5.41, 5.74) is 3.45. The Bertz CT molecular complexity index is 888. The molecule has 11 heteroatoms. The first-order chi connectivity index (χ1) is 9.50. The van der Waals surface area contributed by atoms with E-state index >= 15 is 0 Å². The average Bonchev–Trinajstić information content (AvgIpc) is 2.38. The number of rotatable bonds is 1. The maximum atomic E-state index is 13.6. The molecule has 0 spiro atoms. The lowest BCUT2D eigenvalue weighted by molar-refractivity contribution is 0.422. The van der Waals surface area contributed by atoms with Crippen LogP contribution in [0.15, 0.2) is 4.90 Å². The second-order valence-electron chi connectivity index (χ2n) is 3.85. The van der Waals surface area contributed by atoms with E-state index in [4.69, 9.17) is 10.3 Å². The lowest BCUT2D eigenvalue weighted by Gasteiger charge is -2.12. The van der Waals surface area contributed by atoms with Crippen molar-refractivity contribution in [2.24, 2.45) is 0 Å². The Hall–Kier alpha value is -2.01. The van der Waals surface area contributed by atoms with E-state index < -0.39 is 66.4 Å². The molecule has 4 nitrogen and oxygen atoms in total. The molecule has 0 radical (unpaired) electrons. The van der Waals surface area contributed by atoms with Gasteiger partial charge in [0.15, 0.2) is 34.9 Å². The molecule has 3 N–H and O–H groups in total. The third kappa shape index (κ3) is 2.00. The summed E-state index contributed by atoms with van der Waals surface area (Å²) in [5.74, 6) is -14.0. The topological polar surface area (TPSA) is 80.4 Å². The van der Waals surface area contributed by atoms with Crippen molar-refractivity contribution < 1.29 is 39.3 Å². The Morgan fingerprint density at radius 2 is 1.14 bits per heavy atom. The van der Waals surface area contributed by atoms with E-state index in [0.717, 1.165) is 0 Å². The van der Waals surface area contributed by atoms with Crippen molar-refractivity contribution in [2.45, 2.75) is 4.90 Å². The molecule has 0 aromatic heterocycles. The number of nitrogen functional groups attached to an aromatic ring is 1. The predicted octanol–water partition coefficient (Wildman–Crippen LogP) is 2.50. The van der Waals surface area contributed by atoms with Crippen LogP contribution in [0.3, 0.4) is 0 Å². The van der Waals surface area contributed by atoms with E-state index in [0.29, 0.717) is 0 Å². The normalized spacial score (nSPS) is 12.1. The molecule has 0 bridgehead atoms. The summed E-state index contributed by atoms with van der Waals surface area (Å²) in [6, 6.07) is 0. The number of nitrogens with two attached hydrogens (primary N) is 1. The quantitative estimate of drug-likeness (QED) is 0.364. The van der Waals surface area contributed by atoms with Gasteiger partial charge in [-0.1, -0.05) is 0 Å². The zero-order valence-corrected chi connectivity index (χ0v) is 10.3. The van der Waals surface area contributed by atoms with Crippen LogP contribution in [0.1, 0.15) is 0 Å². The highest BCUT2D eigenvalue weighted by atomic mass is 32.2. The molecule has 0 amide bonds. The molecule has 0 atom stereocenters. The predicted molar refractivity (Wildman–Crippen MR) is 57.9 cm³/mol. The van der Waals surface area contributed by atoms with Crippen LogP contribution >= 0.6 is 0 Å². The summed E-state index contributed by atoms with van der Waals surface area (Å²) in [7, 11) is -5.63. The summed E-state index contributed by atoms with van der Waals surface area (Å²) < 4.78 is 111. The molecule has 114 valence electrons. The monoisotopic (exact) mass is 331 g/mol. The Morgan fingerprint density at radius 3 is 1.62 bits per heavy atom. The average molecular weight is 331 g/mol. The molecule has 2 aromatic carbocycles. The van der Waals surface area contributed by atoms with Gasteiger partial charge in [-0.3, -0.25) is 4.55 Å². The minimum atomic E-state index is -5.63. The number of halogens is 6. The van der Waals surface area contributed by atoms with Gasteiger partial charge in [-0.05, 0) is 0 Å². The van der Waals surface area contributed by atoms with E-state index in [1.165, 1.54) is 0 Å². The molecular formula is C10H3F6NO3S. The van der Waals surface area contributed by atoms with Crippen LogP contribution in [-0.4, -0.2) is 13.0 Å². The fourth-order valence-corrected chi connectivity index (χ4v) is 2.54. The minimum absolute atomic E-state index is 1.48. The van der Waals surface area contributed by atoms with Crippen LogP contribution in [0.4, 0.5) is 32.0 Å². The minimum Gasteiger partial charge on any atom is -0.396 e. The molecule has 2 rings (SSSR count). The maximum Gasteiger partial charge on any atom is 0.298 e. The molecule has 0 fully saturated rings. The second-order valence-corrected chi connectivity index (χ2v) is 5.21. The van der Waals surface area contributed by atoms with Crippen molar-refractivity contribution in [1.82, 2.24) is 0 Å². The van der Waals surface area contributed by atoms with Crippen LogP contribution in [0.25, 0.3) is 10.8 Å². The van der Waals surface area contributed by atoms with Gasteiger partial charge in [0, 0.05) is 0 Å². The maximum absolute atomic E-state index is 13.6. The van der Waals surface area contributed by atoms with Gasteiger partial charge in [0.05, 0.1) is 16.5 Å². The third-order valence-corrected chi connectivity index (χ3v) is 3.55. The van der Waals surface area contributed by atoms with Gasteiger partial charge in [-0.15, -0.1) is 0 Å². The van der Waals surface area contributed by atoms with Gasteiger partial charge >= 0.3 is 0 Å². The van der Waals surface area contributed by atoms with Crippen LogP contribution in [0.2, 0.25) is 0 Å². The number of hydrogen-bond donors (Lipinski definition) is 2. The van der Waals surface area contributed by atoms with Crippen molar-refractivity contribution >= 4 is 26.6 Å². The van der Waals surface area contributed by atoms with E-state index in [1.807, 2.05) is 0 Å². The smallest absolute Gasteiger partial charge is 0.298 e. The molecule has 21 heavy (non-hydrogen) atoms. The highest BCUT2D eigenvalue weighted by molar-refractivity contribution is 7.86. The molecule has 0 aliphatic heterocycles. The summed E-state index contributed by atoms with van der Waals surface area (Å²) in [6.07, 6.45) is 0. The Morgan fingerprint density at radius 1 is 0.714 bits per heavy atom. The lowest BCUT2D eigenvalue weighted by Crippen LogP contribution is -2.12. The molecule has 0 saturated heterocycles. The lowest BCUT2D eigenvalue weighted by atomic mass is 10.1. The van der Waals surface area contributed by atoms with Gasteiger partial charge in [0.2, 0.25) is 0 Å². The van der Waals surface area contributed by atoms with Crippen LogP contribution in [-0.2, 0) is 10.1 Å². The first kappa shape index (κ1) is 15.4. The SMILES string of the molecule is Nc1c(F)c(F)c(F)c2c(S(=O)(=O)O)c(F)c(F)c(F)c12. The number of fused-ring (bicyclic) bond motifs is 1. The van der Waals surface area contributed by atoms with Crippen LogP contribution in [0.5, 0.6) is 0 Å².